The number of carbonyl (C=O) groups is 2. The topological polar surface area (TPSA) is 83.6 Å². The van der Waals surface area contributed by atoms with E-state index in [-0.39, 0.29) is 23.1 Å². The second-order valence-electron chi connectivity index (χ2n) is 5.43. The van der Waals surface area contributed by atoms with Crippen molar-refractivity contribution in [1.29, 1.82) is 0 Å². The number of hydrogen-bond acceptors (Lipinski definition) is 4. The third-order valence-corrected chi connectivity index (χ3v) is 3.28. The second kappa shape index (κ2) is 6.43. The summed E-state index contributed by atoms with van der Waals surface area (Å²) in [5.41, 5.74) is 1.33. The molecule has 22 heavy (non-hydrogen) atoms. The van der Waals surface area contributed by atoms with E-state index in [0.29, 0.717) is 12.3 Å². The number of nitrogens with zero attached hydrogens (tertiary/aromatic N) is 2. The van der Waals surface area contributed by atoms with E-state index in [4.69, 9.17) is 9.63 Å². The van der Waals surface area contributed by atoms with Crippen LogP contribution in [0, 0.1) is 0 Å². The predicted molar refractivity (Wildman–Crippen MR) is 79.8 cm³/mol. The Hall–Kier alpha value is -2.63. The second-order valence-corrected chi connectivity index (χ2v) is 5.43. The summed E-state index contributed by atoms with van der Waals surface area (Å²) < 4.78 is 5.13. The van der Waals surface area contributed by atoms with Gasteiger partial charge >= 0.3 is 5.97 Å². The molecule has 116 valence electrons. The zero-order valence-electron chi connectivity index (χ0n) is 12.7. The van der Waals surface area contributed by atoms with Gasteiger partial charge in [-0.15, -0.1) is 0 Å². The van der Waals surface area contributed by atoms with Crippen LogP contribution in [0.5, 0.6) is 0 Å². The van der Waals surface area contributed by atoms with E-state index in [2.05, 4.69) is 5.16 Å². The Kier molecular flexibility index (Phi) is 4.60. The molecule has 6 heteroatoms. The summed E-state index contributed by atoms with van der Waals surface area (Å²) in [6, 6.07) is 8.06. The Balaban J connectivity index is 2.05. The third kappa shape index (κ3) is 3.52. The summed E-state index contributed by atoms with van der Waals surface area (Å²) in [5, 5.41) is 12.7. The van der Waals surface area contributed by atoms with Gasteiger partial charge in [0.25, 0.3) is 5.91 Å². The van der Waals surface area contributed by atoms with E-state index in [1.807, 2.05) is 13.8 Å². The van der Waals surface area contributed by atoms with Gasteiger partial charge in [-0.1, -0.05) is 31.1 Å². The van der Waals surface area contributed by atoms with Crippen LogP contribution in [0.4, 0.5) is 0 Å². The Labute approximate surface area is 128 Å². The summed E-state index contributed by atoms with van der Waals surface area (Å²) in [5.74, 6) is -0.372. The van der Waals surface area contributed by atoms with Gasteiger partial charge in [-0.3, -0.25) is 4.79 Å². The molecule has 2 aromatic rings. The van der Waals surface area contributed by atoms with Gasteiger partial charge in [-0.2, -0.15) is 0 Å². The summed E-state index contributed by atoms with van der Waals surface area (Å²) in [4.78, 5) is 24.6. The molecule has 0 fully saturated rings. The van der Waals surface area contributed by atoms with Crippen molar-refractivity contribution in [2.24, 2.45) is 0 Å². The fourth-order valence-electron chi connectivity index (χ4n) is 1.96. The average molecular weight is 302 g/mol. The number of carbonyl (C=O) groups excluding carboxylic acids is 1. The molecule has 0 unspecified atom stereocenters. The molecule has 6 nitrogen and oxygen atoms in total. The van der Waals surface area contributed by atoms with Crippen molar-refractivity contribution >= 4 is 11.9 Å². The summed E-state index contributed by atoms with van der Waals surface area (Å²) in [7, 11) is 1.66. The average Bonchev–Trinajstić information content (AvgIpc) is 2.97. The molecule has 1 N–H and O–H groups in total. The fourth-order valence-corrected chi connectivity index (χ4v) is 1.96. The minimum atomic E-state index is -0.972. The summed E-state index contributed by atoms with van der Waals surface area (Å²) in [6.07, 6.45) is 0. The van der Waals surface area contributed by atoms with E-state index in [1.165, 1.54) is 17.0 Å². The van der Waals surface area contributed by atoms with Crippen molar-refractivity contribution in [3.63, 3.8) is 0 Å². The first-order valence-electron chi connectivity index (χ1n) is 6.92. The van der Waals surface area contributed by atoms with Gasteiger partial charge in [0, 0.05) is 25.6 Å². The number of amides is 1. The van der Waals surface area contributed by atoms with Gasteiger partial charge < -0.3 is 14.5 Å². The lowest BCUT2D eigenvalue weighted by Crippen LogP contribution is -2.26. The monoisotopic (exact) mass is 302 g/mol. The predicted octanol–water partition coefficient (Wildman–Crippen LogP) is 2.77. The van der Waals surface area contributed by atoms with Crippen LogP contribution < -0.4 is 0 Å². The van der Waals surface area contributed by atoms with Crippen molar-refractivity contribution < 1.29 is 19.2 Å². The van der Waals surface area contributed by atoms with E-state index in [1.54, 1.807) is 25.2 Å². The first-order valence-corrected chi connectivity index (χ1v) is 6.92. The molecule has 1 aromatic heterocycles. The molecule has 2 rings (SSSR count). The van der Waals surface area contributed by atoms with Crippen molar-refractivity contribution in [3.05, 3.63) is 52.9 Å². The maximum Gasteiger partial charge on any atom is 0.335 e. The summed E-state index contributed by atoms with van der Waals surface area (Å²) >= 11 is 0. The molecule has 1 heterocycles. The lowest BCUT2D eigenvalue weighted by atomic mass is 10.1. The lowest BCUT2D eigenvalue weighted by Gasteiger charge is -2.15. The van der Waals surface area contributed by atoms with Crippen LogP contribution >= 0.6 is 0 Å². The highest BCUT2D eigenvalue weighted by Crippen LogP contribution is 2.16. The van der Waals surface area contributed by atoms with Crippen LogP contribution in [0.2, 0.25) is 0 Å². The lowest BCUT2D eigenvalue weighted by molar-refractivity contribution is 0.0695. The van der Waals surface area contributed by atoms with Gasteiger partial charge in [0.2, 0.25) is 0 Å². The molecule has 0 atom stereocenters. The van der Waals surface area contributed by atoms with Gasteiger partial charge in [0.15, 0.2) is 5.69 Å². The normalized spacial score (nSPS) is 10.7. The van der Waals surface area contributed by atoms with Crippen LogP contribution in [0.15, 0.2) is 34.9 Å². The highest BCUT2D eigenvalue weighted by Gasteiger charge is 2.18. The van der Waals surface area contributed by atoms with Gasteiger partial charge in [0.05, 0.1) is 5.56 Å². The standard InChI is InChI=1S/C16H18N2O4/c1-10(2)14-8-13(17-22-14)15(19)18(3)9-11-4-6-12(7-5-11)16(20)21/h4-8,10H,9H2,1-3H3,(H,20,21). The van der Waals surface area contributed by atoms with E-state index in [0.717, 1.165) is 5.56 Å². The highest BCUT2D eigenvalue weighted by atomic mass is 16.5. The smallest absolute Gasteiger partial charge is 0.335 e. The number of aromatic carboxylic acids is 1. The van der Waals surface area contributed by atoms with Gasteiger partial charge in [-0.05, 0) is 17.7 Å². The van der Waals surface area contributed by atoms with Crippen molar-refractivity contribution in [1.82, 2.24) is 10.1 Å². The molecule has 0 radical (unpaired) electrons. The zero-order chi connectivity index (χ0) is 16.3. The number of carboxylic acids is 1. The van der Waals surface area contributed by atoms with E-state index < -0.39 is 5.97 Å². The van der Waals surface area contributed by atoms with Gasteiger partial charge in [-0.25, -0.2) is 4.79 Å². The van der Waals surface area contributed by atoms with Crippen LogP contribution in [-0.2, 0) is 6.54 Å². The number of benzene rings is 1. The summed E-state index contributed by atoms with van der Waals surface area (Å²) in [6.45, 7) is 4.29. The van der Waals surface area contributed by atoms with Crippen molar-refractivity contribution in [3.8, 4) is 0 Å². The molecule has 0 aliphatic rings. The van der Waals surface area contributed by atoms with Crippen LogP contribution in [-0.4, -0.2) is 34.1 Å². The van der Waals surface area contributed by atoms with Crippen molar-refractivity contribution in [2.75, 3.05) is 7.05 Å². The zero-order valence-corrected chi connectivity index (χ0v) is 12.7. The molecule has 0 bridgehead atoms. The Morgan fingerprint density at radius 3 is 2.41 bits per heavy atom. The SMILES string of the molecule is CC(C)c1cc(C(=O)N(C)Cc2ccc(C(=O)O)cc2)no1. The largest absolute Gasteiger partial charge is 0.478 e. The van der Waals surface area contributed by atoms with Crippen LogP contribution in [0.3, 0.4) is 0 Å². The molecule has 0 saturated carbocycles. The quantitative estimate of drug-likeness (QED) is 0.918. The molecular weight excluding hydrogens is 284 g/mol. The number of aromatic nitrogens is 1. The maximum atomic E-state index is 12.3. The molecule has 1 aromatic carbocycles. The number of carboxylic acid groups (broad SMARTS) is 1. The molecule has 0 aliphatic carbocycles. The Morgan fingerprint density at radius 1 is 1.27 bits per heavy atom. The highest BCUT2D eigenvalue weighted by molar-refractivity contribution is 5.92. The van der Waals surface area contributed by atoms with Crippen LogP contribution in [0.25, 0.3) is 0 Å². The van der Waals surface area contributed by atoms with E-state index >= 15 is 0 Å². The van der Waals surface area contributed by atoms with Crippen molar-refractivity contribution in [2.45, 2.75) is 26.3 Å². The first-order chi connectivity index (χ1) is 10.4. The van der Waals surface area contributed by atoms with Crippen LogP contribution in [0.1, 0.15) is 51.9 Å². The number of rotatable bonds is 5. The molecule has 0 spiro atoms. The van der Waals surface area contributed by atoms with E-state index in [9.17, 15) is 9.59 Å². The first kappa shape index (κ1) is 15.8. The Morgan fingerprint density at radius 2 is 1.91 bits per heavy atom. The minimum absolute atomic E-state index is 0.169. The maximum absolute atomic E-state index is 12.3. The Bertz CT molecular complexity index is 674. The third-order valence-electron chi connectivity index (χ3n) is 3.28. The molecular formula is C16H18N2O4. The number of hydrogen-bond donors (Lipinski definition) is 1. The molecule has 0 aliphatic heterocycles. The minimum Gasteiger partial charge on any atom is -0.478 e. The van der Waals surface area contributed by atoms with Gasteiger partial charge in [0.1, 0.15) is 5.76 Å². The fraction of sp³-hybridized carbons (Fsp3) is 0.312. The molecule has 1 amide bonds. The molecule has 0 saturated heterocycles.